The van der Waals surface area contributed by atoms with Crippen molar-refractivity contribution < 1.29 is 4.79 Å². The van der Waals surface area contributed by atoms with Gasteiger partial charge in [0, 0.05) is 27.7 Å². The molecule has 2 fully saturated rings. The Balaban J connectivity index is 1.55. The van der Waals surface area contributed by atoms with Crippen LogP contribution in [0.2, 0.25) is 5.02 Å². The fraction of sp³-hybridized carbons (Fsp3) is 0.562. The van der Waals surface area contributed by atoms with Gasteiger partial charge >= 0.3 is 0 Å². The van der Waals surface area contributed by atoms with Crippen LogP contribution in [0.1, 0.15) is 36.0 Å². The van der Waals surface area contributed by atoms with Gasteiger partial charge in [-0.2, -0.15) is 0 Å². The van der Waals surface area contributed by atoms with Crippen molar-refractivity contribution in [3.05, 3.63) is 32.4 Å². The molecule has 1 saturated heterocycles. The molecule has 5 heteroatoms. The Labute approximate surface area is 144 Å². The normalized spacial score (nSPS) is 19.8. The van der Waals surface area contributed by atoms with Crippen LogP contribution in [0, 0.1) is 9.49 Å². The standard InChI is InChI=1S/C16H20ClIN2O/c17-12-3-4-15(18)14(9-12)16(21)20-7-5-13(6-8-20)19-10-11-1-2-11/h3-4,9,11,13,19H,1-2,5-8,10H2. The van der Waals surface area contributed by atoms with Crippen molar-refractivity contribution in [3.63, 3.8) is 0 Å². The SMILES string of the molecule is O=C(c1cc(Cl)ccc1I)N1CCC(NCC2CC2)CC1. The summed E-state index contributed by atoms with van der Waals surface area (Å²) in [6.45, 7) is 2.83. The smallest absolute Gasteiger partial charge is 0.254 e. The number of rotatable bonds is 4. The average Bonchev–Trinajstić information content (AvgIpc) is 3.32. The minimum absolute atomic E-state index is 0.113. The van der Waals surface area contributed by atoms with Crippen molar-refractivity contribution in [2.24, 2.45) is 5.92 Å². The monoisotopic (exact) mass is 418 g/mol. The fourth-order valence-electron chi connectivity index (χ4n) is 2.77. The Kier molecular flexibility index (Phi) is 5.07. The minimum Gasteiger partial charge on any atom is -0.338 e. The molecule has 1 heterocycles. The number of hydrogen-bond donors (Lipinski definition) is 1. The highest BCUT2D eigenvalue weighted by Crippen LogP contribution is 2.28. The molecule has 1 aliphatic carbocycles. The maximum absolute atomic E-state index is 12.6. The molecule has 1 saturated carbocycles. The molecule has 1 aromatic rings. The predicted octanol–water partition coefficient (Wildman–Crippen LogP) is 3.55. The molecule has 0 spiro atoms. The third-order valence-corrected chi connectivity index (χ3v) is 5.51. The molecule has 2 aliphatic rings. The molecular weight excluding hydrogens is 399 g/mol. The minimum atomic E-state index is 0.113. The lowest BCUT2D eigenvalue weighted by atomic mass is 10.0. The largest absolute Gasteiger partial charge is 0.338 e. The molecule has 114 valence electrons. The summed E-state index contributed by atoms with van der Waals surface area (Å²) < 4.78 is 0.969. The Hall–Kier alpha value is -0.330. The first-order valence-electron chi connectivity index (χ1n) is 7.61. The number of piperidine rings is 1. The van der Waals surface area contributed by atoms with E-state index in [1.807, 2.05) is 17.0 Å². The summed E-state index contributed by atoms with van der Waals surface area (Å²) in [5.74, 6) is 1.03. The zero-order chi connectivity index (χ0) is 14.8. The average molecular weight is 419 g/mol. The summed E-state index contributed by atoms with van der Waals surface area (Å²) in [6, 6.07) is 6.09. The van der Waals surface area contributed by atoms with E-state index in [1.54, 1.807) is 6.07 Å². The molecule has 21 heavy (non-hydrogen) atoms. The van der Waals surface area contributed by atoms with Crippen LogP contribution in [0.5, 0.6) is 0 Å². The molecule has 0 aromatic heterocycles. The van der Waals surface area contributed by atoms with Gasteiger partial charge < -0.3 is 10.2 Å². The second-order valence-electron chi connectivity index (χ2n) is 6.04. The lowest BCUT2D eigenvalue weighted by molar-refractivity contribution is 0.0704. The first kappa shape index (κ1) is 15.6. The van der Waals surface area contributed by atoms with Gasteiger partial charge in [-0.3, -0.25) is 4.79 Å². The van der Waals surface area contributed by atoms with E-state index in [0.29, 0.717) is 11.1 Å². The number of nitrogens with zero attached hydrogens (tertiary/aromatic N) is 1. The molecule has 1 amide bonds. The van der Waals surface area contributed by atoms with Crippen molar-refractivity contribution in [1.82, 2.24) is 10.2 Å². The number of amides is 1. The molecule has 0 unspecified atom stereocenters. The van der Waals surface area contributed by atoms with Crippen LogP contribution in [0.3, 0.4) is 0 Å². The maximum atomic E-state index is 12.6. The van der Waals surface area contributed by atoms with Gasteiger partial charge in [0.1, 0.15) is 0 Å². The molecule has 1 N–H and O–H groups in total. The van der Waals surface area contributed by atoms with E-state index in [4.69, 9.17) is 11.6 Å². The van der Waals surface area contributed by atoms with Gasteiger partial charge in [-0.15, -0.1) is 0 Å². The van der Waals surface area contributed by atoms with E-state index < -0.39 is 0 Å². The summed E-state index contributed by atoms with van der Waals surface area (Å²) in [4.78, 5) is 14.6. The van der Waals surface area contributed by atoms with Crippen LogP contribution >= 0.6 is 34.2 Å². The fourth-order valence-corrected chi connectivity index (χ4v) is 3.51. The second-order valence-corrected chi connectivity index (χ2v) is 7.64. The lowest BCUT2D eigenvalue weighted by Crippen LogP contribution is -2.45. The van der Waals surface area contributed by atoms with Gasteiger partial charge in [0.2, 0.25) is 0 Å². The van der Waals surface area contributed by atoms with Crippen LogP contribution in [-0.4, -0.2) is 36.5 Å². The van der Waals surface area contributed by atoms with Crippen molar-refractivity contribution >= 4 is 40.1 Å². The molecule has 1 aliphatic heterocycles. The summed E-state index contributed by atoms with van der Waals surface area (Å²) in [6.07, 6.45) is 4.88. The van der Waals surface area contributed by atoms with Crippen LogP contribution < -0.4 is 5.32 Å². The van der Waals surface area contributed by atoms with Gasteiger partial charge in [0.25, 0.3) is 5.91 Å². The Morgan fingerprint density at radius 2 is 2.00 bits per heavy atom. The summed E-state index contributed by atoms with van der Waals surface area (Å²) >= 11 is 8.22. The van der Waals surface area contributed by atoms with E-state index in [2.05, 4.69) is 27.9 Å². The van der Waals surface area contributed by atoms with Gasteiger partial charge in [0.05, 0.1) is 5.56 Å². The third kappa shape index (κ3) is 4.11. The molecule has 1 aromatic carbocycles. The van der Waals surface area contributed by atoms with Gasteiger partial charge in [0.15, 0.2) is 0 Å². The topological polar surface area (TPSA) is 32.3 Å². The molecule has 3 nitrogen and oxygen atoms in total. The molecule has 0 atom stereocenters. The van der Waals surface area contributed by atoms with Crippen molar-refractivity contribution in [2.45, 2.75) is 31.7 Å². The quantitative estimate of drug-likeness (QED) is 0.759. The van der Waals surface area contributed by atoms with Gasteiger partial charge in [-0.05, 0) is 78.9 Å². The van der Waals surface area contributed by atoms with Gasteiger partial charge in [-0.1, -0.05) is 11.6 Å². The highest BCUT2D eigenvalue weighted by Gasteiger charge is 2.27. The van der Waals surface area contributed by atoms with Crippen molar-refractivity contribution in [2.75, 3.05) is 19.6 Å². The third-order valence-electron chi connectivity index (χ3n) is 4.33. The van der Waals surface area contributed by atoms with E-state index in [-0.39, 0.29) is 5.91 Å². The van der Waals surface area contributed by atoms with E-state index in [0.717, 1.165) is 47.5 Å². The number of halogens is 2. The Morgan fingerprint density at radius 3 is 2.67 bits per heavy atom. The number of hydrogen-bond acceptors (Lipinski definition) is 2. The van der Waals surface area contributed by atoms with E-state index >= 15 is 0 Å². The highest BCUT2D eigenvalue weighted by atomic mass is 127. The first-order chi connectivity index (χ1) is 10.1. The zero-order valence-corrected chi connectivity index (χ0v) is 14.9. The number of benzene rings is 1. The number of carbonyl (C=O) groups is 1. The molecular formula is C16H20ClIN2O. The summed E-state index contributed by atoms with van der Waals surface area (Å²) in [5.41, 5.74) is 0.729. The van der Waals surface area contributed by atoms with E-state index in [9.17, 15) is 4.79 Å². The highest BCUT2D eigenvalue weighted by molar-refractivity contribution is 14.1. The van der Waals surface area contributed by atoms with Crippen LogP contribution in [0.25, 0.3) is 0 Å². The van der Waals surface area contributed by atoms with Crippen molar-refractivity contribution in [1.29, 1.82) is 0 Å². The molecule has 3 rings (SSSR count). The van der Waals surface area contributed by atoms with Crippen LogP contribution in [0.15, 0.2) is 18.2 Å². The number of likely N-dealkylation sites (tertiary alicyclic amines) is 1. The summed E-state index contributed by atoms with van der Waals surface area (Å²) in [5, 5.41) is 4.27. The van der Waals surface area contributed by atoms with Crippen LogP contribution in [0.4, 0.5) is 0 Å². The predicted molar refractivity (Wildman–Crippen MR) is 93.8 cm³/mol. The Morgan fingerprint density at radius 1 is 1.29 bits per heavy atom. The second kappa shape index (κ2) is 6.84. The van der Waals surface area contributed by atoms with Crippen LogP contribution in [-0.2, 0) is 0 Å². The lowest BCUT2D eigenvalue weighted by Gasteiger charge is -2.33. The maximum Gasteiger partial charge on any atom is 0.254 e. The number of nitrogens with one attached hydrogen (secondary N) is 1. The summed E-state index contributed by atoms with van der Waals surface area (Å²) in [7, 11) is 0. The zero-order valence-electron chi connectivity index (χ0n) is 11.9. The molecule has 0 radical (unpaired) electrons. The Bertz CT molecular complexity index is 525. The number of carbonyl (C=O) groups excluding carboxylic acids is 1. The molecule has 0 bridgehead atoms. The first-order valence-corrected chi connectivity index (χ1v) is 9.07. The van der Waals surface area contributed by atoms with Gasteiger partial charge in [-0.25, -0.2) is 0 Å². The van der Waals surface area contributed by atoms with E-state index in [1.165, 1.54) is 12.8 Å². The van der Waals surface area contributed by atoms with Crippen molar-refractivity contribution in [3.8, 4) is 0 Å².